The molecule has 0 aliphatic heterocycles. The van der Waals surface area contributed by atoms with Gasteiger partial charge in [0.2, 0.25) is 0 Å². The molecule has 2 aromatic carbocycles. The molecule has 0 fully saturated rings. The number of amides is 1. The van der Waals surface area contributed by atoms with Gasteiger partial charge in [0.1, 0.15) is 6.33 Å². The van der Waals surface area contributed by atoms with Crippen molar-refractivity contribution >= 4 is 23.4 Å². The Morgan fingerprint density at radius 3 is 2.71 bits per heavy atom. The van der Waals surface area contributed by atoms with Gasteiger partial charge < -0.3 is 9.88 Å². The van der Waals surface area contributed by atoms with Crippen LogP contribution in [0.3, 0.4) is 0 Å². The molecular weight excluding hydrogens is 378 g/mol. The number of rotatable bonds is 8. The number of carbonyl (C=O) groups is 1. The van der Waals surface area contributed by atoms with E-state index in [1.54, 1.807) is 23.7 Å². The highest BCUT2D eigenvalue weighted by Gasteiger charge is 2.20. The van der Waals surface area contributed by atoms with Gasteiger partial charge in [-0.1, -0.05) is 30.3 Å². The molecule has 0 atom stereocenters. The van der Waals surface area contributed by atoms with E-state index in [4.69, 9.17) is 0 Å². The van der Waals surface area contributed by atoms with Crippen LogP contribution < -0.4 is 5.32 Å². The predicted octanol–water partition coefficient (Wildman–Crippen LogP) is 3.24. The van der Waals surface area contributed by atoms with Gasteiger partial charge in [-0.3, -0.25) is 14.9 Å². The Morgan fingerprint density at radius 2 is 2.04 bits per heavy atom. The molecule has 0 bridgehead atoms. The fraction of sp³-hybridized carbons (Fsp3) is 0.211. The van der Waals surface area contributed by atoms with Gasteiger partial charge in [-0.25, -0.2) is 0 Å². The van der Waals surface area contributed by atoms with Crippen LogP contribution in [0.4, 0.5) is 5.69 Å². The van der Waals surface area contributed by atoms with E-state index in [0.717, 1.165) is 24.6 Å². The molecule has 0 spiro atoms. The number of aromatic nitrogens is 3. The molecule has 0 aliphatic carbocycles. The van der Waals surface area contributed by atoms with Crippen LogP contribution in [0.15, 0.2) is 64.9 Å². The summed E-state index contributed by atoms with van der Waals surface area (Å²) in [7, 11) is 1.76. The number of aryl methyl sites for hydroxylation is 2. The van der Waals surface area contributed by atoms with Crippen LogP contribution in [0.2, 0.25) is 0 Å². The van der Waals surface area contributed by atoms with Crippen molar-refractivity contribution in [3.05, 3.63) is 76.1 Å². The lowest BCUT2D eigenvalue weighted by molar-refractivity contribution is -0.387. The van der Waals surface area contributed by atoms with Crippen LogP contribution in [0.1, 0.15) is 22.3 Å². The minimum absolute atomic E-state index is 0.134. The molecule has 1 N–H and O–H groups in total. The molecule has 0 saturated heterocycles. The van der Waals surface area contributed by atoms with Gasteiger partial charge in [-0.15, -0.1) is 10.2 Å². The van der Waals surface area contributed by atoms with Gasteiger partial charge in [-0.2, -0.15) is 0 Å². The summed E-state index contributed by atoms with van der Waals surface area (Å²) in [6.07, 6.45) is 3.16. The summed E-state index contributed by atoms with van der Waals surface area (Å²) in [6.45, 7) is 0.497. The van der Waals surface area contributed by atoms with Crippen molar-refractivity contribution in [3.8, 4) is 0 Å². The van der Waals surface area contributed by atoms with E-state index in [1.807, 2.05) is 30.3 Å². The molecule has 1 amide bonds. The van der Waals surface area contributed by atoms with Gasteiger partial charge in [0.25, 0.3) is 11.6 Å². The van der Waals surface area contributed by atoms with Crippen LogP contribution >= 0.6 is 11.8 Å². The summed E-state index contributed by atoms with van der Waals surface area (Å²) in [6, 6.07) is 14.4. The number of hydrogen-bond donors (Lipinski definition) is 1. The zero-order chi connectivity index (χ0) is 19.9. The Kier molecular flexibility index (Phi) is 6.38. The van der Waals surface area contributed by atoms with Crippen LogP contribution in [0, 0.1) is 10.1 Å². The van der Waals surface area contributed by atoms with Gasteiger partial charge in [0.05, 0.1) is 9.82 Å². The number of hydrogen-bond acceptors (Lipinski definition) is 6. The maximum atomic E-state index is 12.3. The summed E-state index contributed by atoms with van der Waals surface area (Å²) >= 11 is 1.13. The highest BCUT2D eigenvalue weighted by molar-refractivity contribution is 7.99. The number of nitrogens with one attached hydrogen (secondary N) is 1. The van der Waals surface area contributed by atoms with Crippen molar-refractivity contribution in [1.29, 1.82) is 0 Å². The summed E-state index contributed by atoms with van der Waals surface area (Å²) in [5, 5.41) is 22.5. The van der Waals surface area contributed by atoms with Gasteiger partial charge in [0.15, 0.2) is 5.16 Å². The molecule has 3 aromatic rings. The first kappa shape index (κ1) is 19.6. The SMILES string of the molecule is Cn1cnnc1Sc1ccc(C(=O)NCCCc2ccccc2)cc1[N+](=O)[O-]. The maximum absolute atomic E-state index is 12.3. The lowest BCUT2D eigenvalue weighted by Crippen LogP contribution is -2.24. The van der Waals surface area contributed by atoms with Crippen LogP contribution in [-0.2, 0) is 13.5 Å². The van der Waals surface area contributed by atoms with Gasteiger partial charge in [-0.05, 0) is 42.3 Å². The zero-order valence-electron chi connectivity index (χ0n) is 15.2. The second-order valence-electron chi connectivity index (χ2n) is 6.11. The molecule has 144 valence electrons. The van der Waals surface area contributed by atoms with Crippen molar-refractivity contribution in [2.45, 2.75) is 22.9 Å². The number of nitro benzene ring substituents is 1. The van der Waals surface area contributed by atoms with Crippen molar-refractivity contribution in [1.82, 2.24) is 20.1 Å². The van der Waals surface area contributed by atoms with Gasteiger partial charge >= 0.3 is 0 Å². The summed E-state index contributed by atoms with van der Waals surface area (Å²) < 4.78 is 1.67. The largest absolute Gasteiger partial charge is 0.352 e. The topological polar surface area (TPSA) is 103 Å². The first-order valence-electron chi connectivity index (χ1n) is 8.67. The van der Waals surface area contributed by atoms with Crippen molar-refractivity contribution < 1.29 is 9.72 Å². The molecule has 0 aliphatic rings. The smallest absolute Gasteiger partial charge is 0.284 e. The summed E-state index contributed by atoms with van der Waals surface area (Å²) in [5.41, 5.74) is 1.33. The maximum Gasteiger partial charge on any atom is 0.284 e. The third kappa shape index (κ3) is 4.95. The number of nitrogens with zero attached hydrogens (tertiary/aromatic N) is 4. The fourth-order valence-electron chi connectivity index (χ4n) is 2.59. The fourth-order valence-corrected chi connectivity index (χ4v) is 3.44. The quantitative estimate of drug-likeness (QED) is 0.356. The van der Waals surface area contributed by atoms with E-state index in [0.29, 0.717) is 16.6 Å². The Labute approximate surface area is 166 Å². The molecule has 0 radical (unpaired) electrons. The average Bonchev–Trinajstić information content (AvgIpc) is 3.10. The summed E-state index contributed by atoms with van der Waals surface area (Å²) in [4.78, 5) is 23.7. The third-order valence-corrected chi connectivity index (χ3v) is 5.18. The average molecular weight is 397 g/mol. The molecule has 3 rings (SSSR count). The number of nitro groups is 1. The minimum Gasteiger partial charge on any atom is -0.352 e. The van der Waals surface area contributed by atoms with E-state index >= 15 is 0 Å². The van der Waals surface area contributed by atoms with E-state index in [2.05, 4.69) is 15.5 Å². The van der Waals surface area contributed by atoms with Crippen LogP contribution in [0.5, 0.6) is 0 Å². The molecule has 0 saturated carbocycles. The van der Waals surface area contributed by atoms with Crippen molar-refractivity contribution in [2.24, 2.45) is 7.05 Å². The van der Waals surface area contributed by atoms with E-state index in [9.17, 15) is 14.9 Å². The molecule has 9 heteroatoms. The normalized spacial score (nSPS) is 10.6. The van der Waals surface area contributed by atoms with E-state index in [1.165, 1.54) is 18.0 Å². The number of benzene rings is 2. The first-order chi connectivity index (χ1) is 13.5. The standard InChI is InChI=1S/C19H19N5O3S/c1-23-13-21-22-19(23)28-17-10-9-15(12-16(17)24(26)27)18(25)20-11-5-8-14-6-3-2-4-7-14/h2-4,6-7,9-10,12-13H,5,8,11H2,1H3,(H,20,25). The highest BCUT2D eigenvalue weighted by atomic mass is 32.2. The Bertz CT molecular complexity index is 975. The Balaban J connectivity index is 1.63. The Hall–Kier alpha value is -3.20. The molecule has 1 aromatic heterocycles. The molecular formula is C19H19N5O3S. The van der Waals surface area contributed by atoms with Crippen molar-refractivity contribution in [2.75, 3.05) is 6.54 Å². The lowest BCUT2D eigenvalue weighted by Gasteiger charge is -2.07. The lowest BCUT2D eigenvalue weighted by atomic mass is 10.1. The van der Waals surface area contributed by atoms with E-state index in [-0.39, 0.29) is 17.2 Å². The van der Waals surface area contributed by atoms with Crippen LogP contribution in [0.25, 0.3) is 0 Å². The zero-order valence-corrected chi connectivity index (χ0v) is 16.1. The summed E-state index contributed by atoms with van der Waals surface area (Å²) in [5.74, 6) is -0.327. The van der Waals surface area contributed by atoms with Crippen molar-refractivity contribution in [3.63, 3.8) is 0 Å². The first-order valence-corrected chi connectivity index (χ1v) is 9.48. The molecule has 8 nitrogen and oxygen atoms in total. The number of carbonyl (C=O) groups excluding carboxylic acids is 1. The van der Waals surface area contributed by atoms with E-state index < -0.39 is 4.92 Å². The molecule has 1 heterocycles. The van der Waals surface area contributed by atoms with Gasteiger partial charge in [0, 0.05) is 25.2 Å². The predicted molar refractivity (Wildman–Crippen MR) is 105 cm³/mol. The van der Waals surface area contributed by atoms with Crippen LogP contribution in [-0.4, -0.2) is 32.1 Å². The molecule has 28 heavy (non-hydrogen) atoms. The minimum atomic E-state index is -0.495. The third-order valence-electron chi connectivity index (χ3n) is 4.06. The molecule has 0 unspecified atom stereocenters. The second kappa shape index (κ2) is 9.14. The second-order valence-corrected chi connectivity index (χ2v) is 7.12. The monoisotopic (exact) mass is 397 g/mol. The Morgan fingerprint density at radius 1 is 1.25 bits per heavy atom. The highest BCUT2D eigenvalue weighted by Crippen LogP contribution is 2.34.